The number of fused-ring (bicyclic) bond motifs is 1. The number of para-hydroxylation sites is 1. The van der Waals surface area contributed by atoms with Crippen LogP contribution in [0.4, 0.5) is 11.5 Å². The Morgan fingerprint density at radius 2 is 1.57 bits per heavy atom. The second-order valence-corrected chi connectivity index (χ2v) is 11.2. The number of nitrogens with one attached hydrogen (secondary N) is 1. The third-order valence-corrected chi connectivity index (χ3v) is 8.74. The van der Waals surface area contributed by atoms with Gasteiger partial charge in [-0.25, -0.2) is 18.4 Å². The molecule has 0 radical (unpaired) electrons. The Hall–Kier alpha value is -3.53. The largest absolute Gasteiger partial charge is 0.497 e. The van der Waals surface area contributed by atoms with Crippen molar-refractivity contribution in [3.05, 3.63) is 84.2 Å². The Kier molecular flexibility index (Phi) is 7.10. The van der Waals surface area contributed by atoms with Gasteiger partial charge in [0.2, 0.25) is 10.0 Å². The Morgan fingerprint density at radius 1 is 0.892 bits per heavy atom. The standard InChI is InChI=1S/C28H31N5O3S/c1-20-8-10-22(11-9-20)29-28-25-6-4-5-7-26(25)30-27(31-28)21(2)32-16-18-33(19-17-32)37(34,35)24-14-12-23(36-3)13-15-24/h4-15,21H,16-19H2,1-3H3,(H,29,30,31)/t21-/m1/s1. The predicted octanol–water partition coefficient (Wildman–Crippen LogP) is 4.76. The monoisotopic (exact) mass is 517 g/mol. The fraction of sp³-hybridized carbons (Fsp3) is 0.286. The first-order valence-electron chi connectivity index (χ1n) is 12.3. The molecule has 1 fully saturated rings. The zero-order chi connectivity index (χ0) is 26.0. The summed E-state index contributed by atoms with van der Waals surface area (Å²) in [7, 11) is -2.00. The quantitative estimate of drug-likeness (QED) is 0.378. The van der Waals surface area contributed by atoms with E-state index in [9.17, 15) is 8.42 Å². The minimum atomic E-state index is -3.56. The number of aromatic nitrogens is 2. The molecule has 0 spiro atoms. The van der Waals surface area contributed by atoms with Gasteiger partial charge in [-0.1, -0.05) is 29.8 Å². The van der Waals surface area contributed by atoms with Crippen molar-refractivity contribution in [1.82, 2.24) is 19.2 Å². The molecule has 8 nitrogen and oxygen atoms in total. The lowest BCUT2D eigenvalue weighted by Gasteiger charge is -2.36. The number of hydrogen-bond acceptors (Lipinski definition) is 7. The predicted molar refractivity (Wildman–Crippen MR) is 146 cm³/mol. The zero-order valence-corrected chi connectivity index (χ0v) is 22.1. The van der Waals surface area contributed by atoms with Crippen LogP contribution in [0.15, 0.2) is 77.7 Å². The van der Waals surface area contributed by atoms with E-state index < -0.39 is 10.0 Å². The number of benzene rings is 3. The van der Waals surface area contributed by atoms with Crippen LogP contribution in [0.3, 0.4) is 0 Å². The normalized spacial score (nSPS) is 16.0. The van der Waals surface area contributed by atoms with E-state index in [0.717, 1.165) is 22.4 Å². The van der Waals surface area contributed by atoms with Crippen molar-refractivity contribution in [2.75, 3.05) is 38.6 Å². The second kappa shape index (κ2) is 10.5. The first-order valence-corrected chi connectivity index (χ1v) is 13.8. The highest BCUT2D eigenvalue weighted by Crippen LogP contribution is 2.29. The van der Waals surface area contributed by atoms with Crippen molar-refractivity contribution in [1.29, 1.82) is 0 Å². The fourth-order valence-corrected chi connectivity index (χ4v) is 5.96. The van der Waals surface area contributed by atoms with Crippen LogP contribution in [0.1, 0.15) is 24.4 Å². The molecule has 1 aliphatic rings. The Balaban J connectivity index is 1.34. The average molecular weight is 518 g/mol. The summed E-state index contributed by atoms with van der Waals surface area (Å²) in [5.74, 6) is 2.10. The molecule has 3 aromatic carbocycles. The minimum absolute atomic E-state index is 0.0750. The van der Waals surface area contributed by atoms with Crippen molar-refractivity contribution >= 4 is 32.4 Å². The number of rotatable bonds is 7. The number of piperazine rings is 1. The molecule has 2 heterocycles. The molecule has 37 heavy (non-hydrogen) atoms. The average Bonchev–Trinajstić information content (AvgIpc) is 2.94. The van der Waals surface area contributed by atoms with E-state index in [1.165, 1.54) is 5.56 Å². The molecule has 0 saturated carbocycles. The van der Waals surface area contributed by atoms with Gasteiger partial charge in [0.25, 0.3) is 0 Å². The Labute approximate surface area is 218 Å². The summed E-state index contributed by atoms with van der Waals surface area (Å²) in [6.45, 7) is 6.13. The molecule has 0 unspecified atom stereocenters. The molecule has 1 N–H and O–H groups in total. The van der Waals surface area contributed by atoms with E-state index in [1.807, 2.05) is 36.4 Å². The van der Waals surface area contributed by atoms with Gasteiger partial charge in [-0.2, -0.15) is 4.31 Å². The van der Waals surface area contributed by atoms with Crippen molar-refractivity contribution in [3.63, 3.8) is 0 Å². The second-order valence-electron chi connectivity index (χ2n) is 9.23. The summed E-state index contributed by atoms with van der Waals surface area (Å²) in [5, 5.41) is 4.41. The molecule has 0 bridgehead atoms. The molecule has 192 valence electrons. The van der Waals surface area contributed by atoms with E-state index in [-0.39, 0.29) is 10.9 Å². The Morgan fingerprint density at radius 3 is 2.24 bits per heavy atom. The number of methoxy groups -OCH3 is 1. The van der Waals surface area contributed by atoms with E-state index >= 15 is 0 Å². The molecular formula is C28H31N5O3S. The molecule has 1 aromatic heterocycles. The van der Waals surface area contributed by atoms with Crippen LogP contribution in [-0.2, 0) is 10.0 Å². The summed E-state index contributed by atoms with van der Waals surface area (Å²) in [5.41, 5.74) is 3.03. The van der Waals surface area contributed by atoms with E-state index in [1.54, 1.807) is 35.7 Å². The van der Waals surface area contributed by atoms with Crippen LogP contribution in [0.25, 0.3) is 10.9 Å². The van der Waals surface area contributed by atoms with Gasteiger partial charge in [0, 0.05) is 37.3 Å². The van der Waals surface area contributed by atoms with Crippen LogP contribution in [0, 0.1) is 6.92 Å². The summed E-state index contributed by atoms with van der Waals surface area (Å²) in [6.07, 6.45) is 0. The molecule has 1 aliphatic heterocycles. The summed E-state index contributed by atoms with van der Waals surface area (Å²) >= 11 is 0. The molecule has 5 rings (SSSR count). The van der Waals surface area contributed by atoms with Gasteiger partial charge in [-0.15, -0.1) is 0 Å². The Bertz CT molecular complexity index is 1480. The van der Waals surface area contributed by atoms with Gasteiger partial charge >= 0.3 is 0 Å². The molecule has 4 aromatic rings. The van der Waals surface area contributed by atoms with Crippen LogP contribution in [-0.4, -0.2) is 60.9 Å². The number of sulfonamides is 1. The first kappa shape index (κ1) is 25.1. The third-order valence-electron chi connectivity index (χ3n) is 6.83. The lowest BCUT2D eigenvalue weighted by atomic mass is 10.2. The van der Waals surface area contributed by atoms with Crippen LogP contribution < -0.4 is 10.1 Å². The highest BCUT2D eigenvalue weighted by molar-refractivity contribution is 7.89. The van der Waals surface area contributed by atoms with Crippen LogP contribution in [0.5, 0.6) is 5.75 Å². The lowest BCUT2D eigenvalue weighted by molar-refractivity contribution is 0.141. The number of nitrogens with zero attached hydrogens (tertiary/aromatic N) is 4. The lowest BCUT2D eigenvalue weighted by Crippen LogP contribution is -2.49. The summed E-state index contributed by atoms with van der Waals surface area (Å²) in [4.78, 5) is 12.3. The molecular weight excluding hydrogens is 486 g/mol. The van der Waals surface area contributed by atoms with Gasteiger partial charge in [0.05, 0.1) is 23.6 Å². The van der Waals surface area contributed by atoms with Crippen molar-refractivity contribution < 1.29 is 13.2 Å². The molecule has 1 atom stereocenters. The van der Waals surface area contributed by atoms with Gasteiger partial charge < -0.3 is 10.1 Å². The zero-order valence-electron chi connectivity index (χ0n) is 21.3. The van der Waals surface area contributed by atoms with E-state index in [0.29, 0.717) is 37.8 Å². The number of ether oxygens (including phenoxy) is 1. The van der Waals surface area contributed by atoms with Crippen LogP contribution in [0.2, 0.25) is 0 Å². The maximum absolute atomic E-state index is 13.2. The topological polar surface area (TPSA) is 87.7 Å². The maximum atomic E-state index is 13.2. The highest BCUT2D eigenvalue weighted by Gasteiger charge is 2.31. The van der Waals surface area contributed by atoms with Gasteiger partial charge in [0.15, 0.2) is 0 Å². The number of aryl methyl sites for hydroxylation is 1. The summed E-state index contributed by atoms with van der Waals surface area (Å²) < 4.78 is 33.0. The van der Waals surface area contributed by atoms with Crippen molar-refractivity contribution in [3.8, 4) is 5.75 Å². The molecule has 0 aliphatic carbocycles. The number of anilines is 2. The van der Waals surface area contributed by atoms with E-state index in [4.69, 9.17) is 14.7 Å². The fourth-order valence-electron chi connectivity index (χ4n) is 4.54. The van der Waals surface area contributed by atoms with Gasteiger partial charge in [-0.3, -0.25) is 4.90 Å². The maximum Gasteiger partial charge on any atom is 0.243 e. The molecule has 1 saturated heterocycles. The smallest absolute Gasteiger partial charge is 0.243 e. The number of hydrogen-bond donors (Lipinski definition) is 1. The van der Waals surface area contributed by atoms with Gasteiger partial charge in [-0.05, 0) is 62.4 Å². The third kappa shape index (κ3) is 5.29. The first-order chi connectivity index (χ1) is 17.8. The van der Waals surface area contributed by atoms with Crippen molar-refractivity contribution in [2.45, 2.75) is 24.8 Å². The molecule has 0 amide bonds. The molecule has 9 heteroatoms. The van der Waals surface area contributed by atoms with E-state index in [2.05, 4.69) is 36.2 Å². The summed E-state index contributed by atoms with van der Waals surface area (Å²) in [6, 6.07) is 22.6. The highest BCUT2D eigenvalue weighted by atomic mass is 32.2. The minimum Gasteiger partial charge on any atom is -0.497 e. The SMILES string of the molecule is COc1ccc(S(=O)(=O)N2CCN([C@H](C)c3nc(Nc4ccc(C)cc4)c4ccccc4n3)CC2)cc1. The van der Waals surface area contributed by atoms with Crippen molar-refractivity contribution in [2.24, 2.45) is 0 Å². The van der Waals surface area contributed by atoms with Crippen LogP contribution >= 0.6 is 0 Å². The van der Waals surface area contributed by atoms with Gasteiger partial charge in [0.1, 0.15) is 17.4 Å².